The summed E-state index contributed by atoms with van der Waals surface area (Å²) in [4.78, 5) is 0. The number of aliphatic hydroxyl groups is 2. The second-order valence-electron chi connectivity index (χ2n) is 1.49. The maximum absolute atomic E-state index is 7.62. The van der Waals surface area contributed by atoms with Crippen LogP contribution in [0.5, 0.6) is 0 Å². The molecule has 0 spiro atoms. The normalized spacial score (nSPS) is 8.00. The lowest BCUT2D eigenvalue weighted by Crippen LogP contribution is -1.85. The first kappa shape index (κ1) is 11.9. The van der Waals surface area contributed by atoms with E-state index in [0.29, 0.717) is 0 Å². The predicted molar refractivity (Wildman–Crippen MR) is 39.8 cm³/mol. The molecule has 0 rings (SSSR count). The SMILES string of the molecule is CCCCCl.OCCO. The van der Waals surface area contributed by atoms with Gasteiger partial charge in [0.05, 0.1) is 13.2 Å². The fourth-order valence-corrected chi connectivity index (χ4v) is 0.401. The van der Waals surface area contributed by atoms with Gasteiger partial charge >= 0.3 is 0 Å². The quantitative estimate of drug-likeness (QED) is 0.596. The summed E-state index contributed by atoms with van der Waals surface area (Å²) in [6.07, 6.45) is 2.37. The van der Waals surface area contributed by atoms with Gasteiger partial charge in [-0.25, -0.2) is 0 Å². The molecule has 0 fully saturated rings. The van der Waals surface area contributed by atoms with Crippen molar-refractivity contribution >= 4 is 11.6 Å². The zero-order valence-electron chi connectivity index (χ0n) is 5.81. The monoisotopic (exact) mass is 154 g/mol. The molecule has 0 aromatic carbocycles. The van der Waals surface area contributed by atoms with Gasteiger partial charge in [0.1, 0.15) is 0 Å². The second kappa shape index (κ2) is 15.7. The van der Waals surface area contributed by atoms with Gasteiger partial charge in [0.15, 0.2) is 0 Å². The van der Waals surface area contributed by atoms with Crippen LogP contribution in [-0.2, 0) is 0 Å². The van der Waals surface area contributed by atoms with Gasteiger partial charge in [-0.2, -0.15) is 0 Å². The average Bonchev–Trinajstić information content (AvgIpc) is 1.91. The average molecular weight is 155 g/mol. The van der Waals surface area contributed by atoms with Crippen molar-refractivity contribution in [2.24, 2.45) is 0 Å². The topological polar surface area (TPSA) is 40.5 Å². The summed E-state index contributed by atoms with van der Waals surface area (Å²) in [5.74, 6) is 0.816. The maximum Gasteiger partial charge on any atom is 0.0662 e. The van der Waals surface area contributed by atoms with E-state index in [4.69, 9.17) is 21.8 Å². The van der Waals surface area contributed by atoms with Crippen molar-refractivity contribution in [2.75, 3.05) is 19.1 Å². The van der Waals surface area contributed by atoms with Crippen molar-refractivity contribution < 1.29 is 10.2 Å². The van der Waals surface area contributed by atoms with Crippen LogP contribution in [0.2, 0.25) is 0 Å². The molecule has 58 valence electrons. The number of halogens is 1. The van der Waals surface area contributed by atoms with Crippen molar-refractivity contribution in [3.8, 4) is 0 Å². The van der Waals surface area contributed by atoms with Crippen LogP contribution >= 0.6 is 11.6 Å². The van der Waals surface area contributed by atoms with E-state index >= 15 is 0 Å². The van der Waals surface area contributed by atoms with E-state index < -0.39 is 0 Å². The molecule has 0 heterocycles. The third-order valence-electron chi connectivity index (χ3n) is 0.587. The number of hydrogen-bond acceptors (Lipinski definition) is 2. The molecule has 2 nitrogen and oxygen atoms in total. The number of aliphatic hydroxyl groups excluding tert-OH is 2. The molecule has 0 saturated heterocycles. The minimum atomic E-state index is -0.125. The summed E-state index contributed by atoms with van der Waals surface area (Å²) < 4.78 is 0. The molecule has 3 heteroatoms. The van der Waals surface area contributed by atoms with Crippen LogP contribution in [0.3, 0.4) is 0 Å². The Morgan fingerprint density at radius 3 is 1.67 bits per heavy atom. The zero-order valence-corrected chi connectivity index (χ0v) is 6.56. The van der Waals surface area contributed by atoms with E-state index in [-0.39, 0.29) is 13.2 Å². The van der Waals surface area contributed by atoms with Crippen molar-refractivity contribution in [1.29, 1.82) is 0 Å². The molecule has 0 amide bonds. The number of unbranched alkanes of at least 4 members (excludes halogenated alkanes) is 1. The summed E-state index contributed by atoms with van der Waals surface area (Å²) in [5.41, 5.74) is 0. The van der Waals surface area contributed by atoms with Crippen LogP contribution in [0, 0.1) is 0 Å². The molecular weight excluding hydrogens is 140 g/mol. The van der Waals surface area contributed by atoms with Crippen LogP contribution in [0.25, 0.3) is 0 Å². The van der Waals surface area contributed by atoms with Crippen LogP contribution < -0.4 is 0 Å². The first-order valence-electron chi connectivity index (χ1n) is 3.11. The largest absolute Gasteiger partial charge is 0.394 e. The van der Waals surface area contributed by atoms with Gasteiger partial charge in [-0.15, -0.1) is 11.6 Å². The summed E-state index contributed by atoms with van der Waals surface area (Å²) in [7, 11) is 0. The van der Waals surface area contributed by atoms with Crippen molar-refractivity contribution in [3.63, 3.8) is 0 Å². The molecule has 0 radical (unpaired) electrons. The highest BCUT2D eigenvalue weighted by molar-refractivity contribution is 6.17. The Morgan fingerprint density at radius 1 is 1.22 bits per heavy atom. The maximum atomic E-state index is 7.62. The minimum absolute atomic E-state index is 0.125. The highest BCUT2D eigenvalue weighted by Gasteiger charge is 1.70. The smallest absolute Gasteiger partial charge is 0.0662 e. The van der Waals surface area contributed by atoms with E-state index in [1.54, 1.807) is 0 Å². The van der Waals surface area contributed by atoms with Gasteiger partial charge in [0.25, 0.3) is 0 Å². The summed E-state index contributed by atoms with van der Waals surface area (Å²) in [6.45, 7) is 1.88. The molecule has 0 aromatic heterocycles. The number of rotatable bonds is 3. The molecule has 2 N–H and O–H groups in total. The Kier molecular flexibility index (Phi) is 20.9. The standard InChI is InChI=1S/C4H9Cl.C2H6O2/c1-2-3-4-5;3-1-2-4/h2-4H2,1H3;3-4H,1-2H2. The Hall–Kier alpha value is 0.210. The number of alkyl halides is 1. The lowest BCUT2D eigenvalue weighted by atomic mass is 10.4. The van der Waals surface area contributed by atoms with Crippen molar-refractivity contribution in [2.45, 2.75) is 19.8 Å². The molecule has 9 heavy (non-hydrogen) atoms. The molecule has 0 atom stereocenters. The third-order valence-corrected chi connectivity index (χ3v) is 0.854. The van der Waals surface area contributed by atoms with E-state index in [1.165, 1.54) is 6.42 Å². The van der Waals surface area contributed by atoms with Crippen LogP contribution in [-0.4, -0.2) is 29.3 Å². The molecule has 0 aliphatic rings. The Bertz CT molecular complexity index is 30.2. The van der Waals surface area contributed by atoms with E-state index in [9.17, 15) is 0 Å². The third kappa shape index (κ3) is 30.7. The number of hydrogen-bond donors (Lipinski definition) is 2. The molecular formula is C6H15ClO2. The van der Waals surface area contributed by atoms with Crippen LogP contribution in [0.4, 0.5) is 0 Å². The van der Waals surface area contributed by atoms with Gasteiger partial charge in [-0.3, -0.25) is 0 Å². The summed E-state index contributed by atoms with van der Waals surface area (Å²) in [6, 6.07) is 0. The van der Waals surface area contributed by atoms with E-state index in [0.717, 1.165) is 12.3 Å². The Labute approximate surface area is 61.5 Å². The van der Waals surface area contributed by atoms with E-state index in [1.807, 2.05) is 0 Å². The van der Waals surface area contributed by atoms with Crippen molar-refractivity contribution in [3.05, 3.63) is 0 Å². The minimum Gasteiger partial charge on any atom is -0.394 e. The Morgan fingerprint density at radius 2 is 1.67 bits per heavy atom. The second-order valence-corrected chi connectivity index (χ2v) is 1.87. The Balaban J connectivity index is 0. The van der Waals surface area contributed by atoms with Crippen LogP contribution in [0.1, 0.15) is 19.8 Å². The van der Waals surface area contributed by atoms with Gasteiger partial charge in [0.2, 0.25) is 0 Å². The molecule has 0 unspecified atom stereocenters. The summed E-state index contributed by atoms with van der Waals surface area (Å²) >= 11 is 5.30. The molecule has 0 saturated carbocycles. The fraction of sp³-hybridized carbons (Fsp3) is 1.00. The molecule has 0 bridgehead atoms. The fourth-order valence-electron chi connectivity index (χ4n) is 0.134. The van der Waals surface area contributed by atoms with Gasteiger partial charge < -0.3 is 10.2 Å². The van der Waals surface area contributed by atoms with Crippen molar-refractivity contribution in [1.82, 2.24) is 0 Å². The first-order valence-corrected chi connectivity index (χ1v) is 3.64. The van der Waals surface area contributed by atoms with Gasteiger partial charge in [0, 0.05) is 5.88 Å². The predicted octanol–water partition coefficient (Wildman–Crippen LogP) is 0.996. The van der Waals surface area contributed by atoms with Crippen LogP contribution in [0.15, 0.2) is 0 Å². The molecule has 0 aliphatic carbocycles. The van der Waals surface area contributed by atoms with Gasteiger partial charge in [-0.1, -0.05) is 13.3 Å². The first-order chi connectivity index (χ1) is 4.33. The highest BCUT2D eigenvalue weighted by Crippen LogP contribution is 1.86. The molecule has 0 aliphatic heterocycles. The summed E-state index contributed by atoms with van der Waals surface area (Å²) in [5, 5.41) is 15.2. The lowest BCUT2D eigenvalue weighted by Gasteiger charge is -1.77. The van der Waals surface area contributed by atoms with E-state index in [2.05, 4.69) is 6.92 Å². The highest BCUT2D eigenvalue weighted by atomic mass is 35.5. The molecule has 0 aromatic rings. The zero-order chi connectivity index (χ0) is 7.54. The lowest BCUT2D eigenvalue weighted by molar-refractivity contribution is 0.186. The van der Waals surface area contributed by atoms with Gasteiger partial charge in [-0.05, 0) is 6.42 Å².